The molecule has 5 heteroatoms. The highest BCUT2D eigenvalue weighted by atomic mass is 32.1. The second-order valence-corrected chi connectivity index (χ2v) is 6.79. The van der Waals surface area contributed by atoms with Gasteiger partial charge in [-0.1, -0.05) is 30.3 Å². The molecule has 3 heterocycles. The van der Waals surface area contributed by atoms with Gasteiger partial charge in [-0.2, -0.15) is 0 Å². The summed E-state index contributed by atoms with van der Waals surface area (Å²) in [6, 6.07) is 11.4. The number of carbonyl (C=O) groups is 1. The van der Waals surface area contributed by atoms with Crippen LogP contribution in [0, 0.1) is 0 Å². The minimum Gasteiger partial charge on any atom is -0.346 e. The van der Waals surface area contributed by atoms with Crippen molar-refractivity contribution in [2.45, 2.75) is 37.4 Å². The minimum atomic E-state index is -0.0402. The molecule has 1 aromatic carbocycles. The number of amides is 1. The maximum Gasteiger partial charge on any atom is 0.280 e. The lowest BCUT2D eigenvalue weighted by Gasteiger charge is -2.20. The van der Waals surface area contributed by atoms with Crippen molar-refractivity contribution < 1.29 is 4.79 Å². The van der Waals surface area contributed by atoms with Gasteiger partial charge in [-0.15, -0.1) is 11.3 Å². The third-order valence-corrected chi connectivity index (χ3v) is 5.42. The minimum absolute atomic E-state index is 0.0402. The number of hydrogen-bond acceptors (Lipinski definition) is 4. The van der Waals surface area contributed by atoms with E-state index in [1.165, 1.54) is 24.2 Å². The number of carbonyl (C=O) groups excluding carboxylic acids is 1. The molecule has 4 rings (SSSR count). The first-order valence-corrected chi connectivity index (χ1v) is 8.19. The Morgan fingerprint density at radius 1 is 1.29 bits per heavy atom. The Bertz CT molecular complexity index is 655. The zero-order chi connectivity index (χ0) is 14.2. The van der Waals surface area contributed by atoms with Crippen LogP contribution in [0.1, 0.15) is 29.1 Å². The molecule has 21 heavy (non-hydrogen) atoms. The van der Waals surface area contributed by atoms with E-state index >= 15 is 0 Å². The maximum atomic E-state index is 12.3. The molecule has 2 aliphatic heterocycles. The molecular formula is C16H17N3OS. The van der Waals surface area contributed by atoms with Crippen molar-refractivity contribution in [3.63, 3.8) is 0 Å². The van der Waals surface area contributed by atoms with Gasteiger partial charge in [0.25, 0.3) is 5.91 Å². The Kier molecular flexibility index (Phi) is 3.24. The number of nitrogens with one attached hydrogen (secondary N) is 2. The average molecular weight is 299 g/mol. The quantitative estimate of drug-likeness (QED) is 0.915. The van der Waals surface area contributed by atoms with E-state index in [-0.39, 0.29) is 11.9 Å². The van der Waals surface area contributed by atoms with Gasteiger partial charge in [0.1, 0.15) is 0 Å². The first-order valence-electron chi connectivity index (χ1n) is 7.38. The van der Waals surface area contributed by atoms with Crippen molar-refractivity contribution in [1.82, 2.24) is 15.6 Å². The largest absolute Gasteiger partial charge is 0.346 e. The Labute approximate surface area is 127 Å². The Hall–Kier alpha value is -1.72. The van der Waals surface area contributed by atoms with Gasteiger partial charge in [0.05, 0.1) is 4.88 Å². The third kappa shape index (κ3) is 2.47. The van der Waals surface area contributed by atoms with E-state index in [9.17, 15) is 4.79 Å². The molecule has 2 saturated heterocycles. The highest BCUT2D eigenvalue weighted by Gasteiger charge is 2.39. The molecule has 1 aromatic heterocycles. The molecule has 0 aliphatic carbocycles. The predicted octanol–water partition coefficient (Wildman–Crippen LogP) is 2.43. The second kappa shape index (κ2) is 5.24. The van der Waals surface area contributed by atoms with E-state index in [1.54, 1.807) is 6.20 Å². The zero-order valence-corrected chi connectivity index (χ0v) is 12.4. The van der Waals surface area contributed by atoms with E-state index in [0.29, 0.717) is 17.1 Å². The van der Waals surface area contributed by atoms with Gasteiger partial charge < -0.3 is 10.6 Å². The number of hydrogen-bond donors (Lipinski definition) is 2. The highest BCUT2D eigenvalue weighted by molar-refractivity contribution is 7.16. The van der Waals surface area contributed by atoms with Gasteiger partial charge in [-0.25, -0.2) is 4.98 Å². The summed E-state index contributed by atoms with van der Waals surface area (Å²) in [5.74, 6) is -0.0402. The van der Waals surface area contributed by atoms with Gasteiger partial charge in [0, 0.05) is 24.3 Å². The van der Waals surface area contributed by atoms with Crippen molar-refractivity contribution >= 4 is 17.2 Å². The van der Waals surface area contributed by atoms with Crippen LogP contribution in [0.25, 0.3) is 10.4 Å². The van der Waals surface area contributed by atoms with Crippen LogP contribution in [0.3, 0.4) is 0 Å². The standard InChI is InChI=1S/C16H17N3OS/c20-15(19-13-8-11-6-7-12(13)18-11)16-17-9-14(21-16)10-4-2-1-3-5-10/h1-5,9,11-13,18H,6-8H2,(H,19,20)/t11-,12+,13-/m1/s1. The van der Waals surface area contributed by atoms with Crippen LogP contribution in [0.15, 0.2) is 36.5 Å². The molecule has 0 unspecified atom stereocenters. The zero-order valence-electron chi connectivity index (χ0n) is 11.6. The van der Waals surface area contributed by atoms with Gasteiger partial charge in [-0.05, 0) is 24.8 Å². The summed E-state index contributed by atoms with van der Waals surface area (Å²) in [6.07, 6.45) is 5.25. The van der Waals surface area contributed by atoms with E-state index in [1.807, 2.05) is 30.3 Å². The fourth-order valence-electron chi connectivity index (χ4n) is 3.33. The number of nitrogens with zero attached hydrogens (tertiary/aromatic N) is 1. The first kappa shape index (κ1) is 13.0. The Morgan fingerprint density at radius 3 is 2.86 bits per heavy atom. The van der Waals surface area contributed by atoms with Crippen LogP contribution >= 0.6 is 11.3 Å². The van der Waals surface area contributed by atoms with Gasteiger partial charge in [-0.3, -0.25) is 4.79 Å². The smallest absolute Gasteiger partial charge is 0.280 e. The van der Waals surface area contributed by atoms with Crippen molar-refractivity contribution in [1.29, 1.82) is 0 Å². The molecule has 0 spiro atoms. The SMILES string of the molecule is O=C(N[C@@H]1C[C@H]2CC[C@@H]1N2)c1ncc(-c2ccccc2)s1. The van der Waals surface area contributed by atoms with Crippen LogP contribution < -0.4 is 10.6 Å². The predicted molar refractivity (Wildman–Crippen MR) is 83.4 cm³/mol. The normalized spacial score (nSPS) is 27.0. The summed E-state index contributed by atoms with van der Waals surface area (Å²) in [6.45, 7) is 0. The van der Waals surface area contributed by atoms with Crippen LogP contribution in [-0.4, -0.2) is 29.0 Å². The molecule has 108 valence electrons. The third-order valence-electron chi connectivity index (χ3n) is 4.37. The monoisotopic (exact) mass is 299 g/mol. The summed E-state index contributed by atoms with van der Waals surface area (Å²) in [5, 5.41) is 7.22. The molecule has 2 N–H and O–H groups in total. The van der Waals surface area contributed by atoms with Crippen molar-refractivity contribution in [3.05, 3.63) is 41.5 Å². The molecular weight excluding hydrogens is 282 g/mol. The summed E-state index contributed by atoms with van der Waals surface area (Å²) in [5.41, 5.74) is 1.11. The molecule has 2 fully saturated rings. The lowest BCUT2D eigenvalue weighted by Crippen LogP contribution is -2.42. The lowest BCUT2D eigenvalue weighted by molar-refractivity contribution is 0.0930. The van der Waals surface area contributed by atoms with Gasteiger partial charge in [0.2, 0.25) is 0 Å². The maximum absolute atomic E-state index is 12.3. The number of aromatic nitrogens is 1. The summed E-state index contributed by atoms with van der Waals surface area (Å²) < 4.78 is 0. The highest BCUT2D eigenvalue weighted by Crippen LogP contribution is 2.29. The van der Waals surface area contributed by atoms with Crippen LogP contribution in [0.4, 0.5) is 0 Å². The fourth-order valence-corrected chi connectivity index (χ4v) is 4.15. The van der Waals surface area contributed by atoms with Crippen LogP contribution in [-0.2, 0) is 0 Å². The molecule has 0 radical (unpaired) electrons. The molecule has 3 atom stereocenters. The summed E-state index contributed by atoms with van der Waals surface area (Å²) in [4.78, 5) is 17.6. The molecule has 0 saturated carbocycles. The number of fused-ring (bicyclic) bond motifs is 2. The first-order chi connectivity index (χ1) is 10.3. The molecule has 2 bridgehead atoms. The lowest BCUT2D eigenvalue weighted by atomic mass is 9.95. The number of rotatable bonds is 3. The molecule has 2 aromatic rings. The Morgan fingerprint density at radius 2 is 2.14 bits per heavy atom. The van der Waals surface area contributed by atoms with E-state index < -0.39 is 0 Å². The number of benzene rings is 1. The molecule has 4 nitrogen and oxygen atoms in total. The van der Waals surface area contributed by atoms with E-state index in [4.69, 9.17) is 0 Å². The molecule has 1 amide bonds. The van der Waals surface area contributed by atoms with Gasteiger partial charge >= 0.3 is 0 Å². The second-order valence-electron chi connectivity index (χ2n) is 5.76. The molecule has 2 aliphatic rings. The van der Waals surface area contributed by atoms with E-state index in [2.05, 4.69) is 15.6 Å². The fraction of sp³-hybridized carbons (Fsp3) is 0.375. The Balaban J connectivity index is 1.47. The van der Waals surface area contributed by atoms with Crippen LogP contribution in [0.2, 0.25) is 0 Å². The number of thiazole rings is 1. The summed E-state index contributed by atoms with van der Waals surface area (Å²) in [7, 11) is 0. The van der Waals surface area contributed by atoms with E-state index in [0.717, 1.165) is 16.9 Å². The topological polar surface area (TPSA) is 54.0 Å². The summed E-state index contributed by atoms with van der Waals surface area (Å²) >= 11 is 1.45. The average Bonchev–Trinajstić information content (AvgIpc) is 3.24. The van der Waals surface area contributed by atoms with Crippen LogP contribution in [0.5, 0.6) is 0 Å². The van der Waals surface area contributed by atoms with Gasteiger partial charge in [0.15, 0.2) is 5.01 Å². The van der Waals surface area contributed by atoms with Crippen molar-refractivity contribution in [3.8, 4) is 10.4 Å². The van der Waals surface area contributed by atoms with Crippen molar-refractivity contribution in [2.75, 3.05) is 0 Å². The van der Waals surface area contributed by atoms with Crippen molar-refractivity contribution in [2.24, 2.45) is 0 Å².